The molecule has 3 aromatic rings. The number of amides is 1. The molecule has 1 unspecified atom stereocenters. The molecule has 3 N–H and O–H groups in total. The third-order valence-electron chi connectivity index (χ3n) is 7.03. The minimum Gasteiger partial charge on any atom is -0.494 e. The molecule has 0 saturated carbocycles. The van der Waals surface area contributed by atoms with E-state index in [1.54, 1.807) is 14.2 Å². The van der Waals surface area contributed by atoms with E-state index < -0.39 is 0 Å². The lowest BCUT2D eigenvalue weighted by Crippen LogP contribution is -2.26. The van der Waals surface area contributed by atoms with E-state index in [0.29, 0.717) is 38.5 Å². The Morgan fingerprint density at radius 2 is 1.95 bits per heavy atom. The Labute approximate surface area is 254 Å². The van der Waals surface area contributed by atoms with Crippen LogP contribution in [0.2, 0.25) is 0 Å². The smallest absolute Gasteiger partial charge is 0.206 e. The van der Waals surface area contributed by atoms with Gasteiger partial charge < -0.3 is 35.0 Å². The quantitative estimate of drug-likeness (QED) is 0.141. The maximum absolute atomic E-state index is 10.6. The lowest BCUT2D eigenvalue weighted by Gasteiger charge is -2.25. The summed E-state index contributed by atoms with van der Waals surface area (Å²) >= 11 is 0. The molecule has 11 heteroatoms. The Morgan fingerprint density at radius 1 is 1.12 bits per heavy atom. The van der Waals surface area contributed by atoms with Crippen molar-refractivity contribution in [3.63, 3.8) is 0 Å². The molecule has 11 nitrogen and oxygen atoms in total. The van der Waals surface area contributed by atoms with Gasteiger partial charge in [-0.15, -0.1) is 0 Å². The van der Waals surface area contributed by atoms with Crippen molar-refractivity contribution < 1.29 is 23.8 Å². The van der Waals surface area contributed by atoms with Gasteiger partial charge in [0.15, 0.2) is 0 Å². The number of hydrogen-bond acceptors (Lipinski definition) is 9. The van der Waals surface area contributed by atoms with Gasteiger partial charge in [0, 0.05) is 63.1 Å². The van der Waals surface area contributed by atoms with Gasteiger partial charge in [0.05, 0.1) is 44.5 Å². The summed E-state index contributed by atoms with van der Waals surface area (Å²) in [4.78, 5) is 24.3. The predicted molar refractivity (Wildman–Crippen MR) is 165 cm³/mol. The van der Waals surface area contributed by atoms with Crippen molar-refractivity contribution in [2.75, 3.05) is 40.5 Å². The maximum atomic E-state index is 10.6. The minimum atomic E-state index is 0.271. The molecule has 0 aliphatic carbocycles. The van der Waals surface area contributed by atoms with Crippen molar-refractivity contribution >= 4 is 12.7 Å². The predicted octanol–water partition coefficient (Wildman–Crippen LogP) is 3.30. The highest BCUT2D eigenvalue weighted by Crippen LogP contribution is 2.23. The number of benzene rings is 1. The Morgan fingerprint density at radius 3 is 2.63 bits per heavy atom. The third kappa shape index (κ3) is 11.9. The van der Waals surface area contributed by atoms with Gasteiger partial charge >= 0.3 is 0 Å². The highest BCUT2D eigenvalue weighted by atomic mass is 16.5. The molecule has 2 aromatic heterocycles. The van der Waals surface area contributed by atoms with E-state index in [1.165, 1.54) is 0 Å². The second-order valence-electron chi connectivity index (χ2n) is 10.5. The topological polar surface area (TPSA) is 129 Å². The molecule has 1 amide bonds. The van der Waals surface area contributed by atoms with Crippen molar-refractivity contribution in [1.82, 2.24) is 30.7 Å². The molecule has 234 valence electrons. The molecule has 43 heavy (non-hydrogen) atoms. The van der Waals surface area contributed by atoms with Crippen LogP contribution in [0.4, 0.5) is 0 Å². The van der Waals surface area contributed by atoms with E-state index in [0.717, 1.165) is 85.7 Å². The van der Waals surface area contributed by atoms with Gasteiger partial charge in [-0.05, 0) is 68.1 Å². The number of nitrogens with zero attached hydrogens (tertiary/aromatic N) is 3. The number of pyridine rings is 1. The standard InChI is InChI=1S/C30H41N5O4.C2H5NO/c1-23(6-5-12-36)32-17-26-14-29(9-7-25(26)20-37-2)39-13-4-3-11-31-15-24-16-34-35(19-24)28-8-10-30(33-18-28)27-21-38-22-27;1-3-2-4/h7-10,12,14,16,18-19,23,27,31-32H,3-6,11,13,15,17,20-22H2,1-2H3;2H,1H3,(H,3,4). The van der Waals surface area contributed by atoms with Gasteiger partial charge in [0.1, 0.15) is 12.0 Å². The Bertz CT molecular complexity index is 1220. The number of ether oxygens (including phenoxy) is 3. The fourth-order valence-corrected chi connectivity index (χ4v) is 4.41. The van der Waals surface area contributed by atoms with E-state index >= 15 is 0 Å². The van der Waals surface area contributed by atoms with Gasteiger partial charge in [-0.1, -0.05) is 6.07 Å². The van der Waals surface area contributed by atoms with E-state index in [2.05, 4.69) is 57.2 Å². The average Bonchev–Trinajstić information content (AvgIpc) is 3.48. The zero-order chi connectivity index (χ0) is 30.7. The van der Waals surface area contributed by atoms with Crippen LogP contribution in [0.15, 0.2) is 48.9 Å². The Balaban J connectivity index is 0.00000119. The summed E-state index contributed by atoms with van der Waals surface area (Å²) in [6.07, 6.45) is 10.8. The van der Waals surface area contributed by atoms with Crippen molar-refractivity contribution in [2.24, 2.45) is 0 Å². The number of hydrogen-bond donors (Lipinski definition) is 3. The summed E-state index contributed by atoms with van der Waals surface area (Å²) in [5.74, 6) is 1.30. The van der Waals surface area contributed by atoms with E-state index in [4.69, 9.17) is 19.0 Å². The first kappa shape index (κ1) is 33.9. The highest BCUT2D eigenvalue weighted by Gasteiger charge is 2.21. The maximum Gasteiger partial charge on any atom is 0.206 e. The third-order valence-corrected chi connectivity index (χ3v) is 7.03. The fraction of sp³-hybridized carbons (Fsp3) is 0.500. The number of nitrogens with one attached hydrogen (secondary N) is 3. The molecule has 1 aliphatic rings. The summed E-state index contributed by atoms with van der Waals surface area (Å²) in [5, 5.41) is 13.7. The van der Waals surface area contributed by atoms with Crippen LogP contribution in [0.5, 0.6) is 5.75 Å². The fourth-order valence-electron chi connectivity index (χ4n) is 4.41. The largest absolute Gasteiger partial charge is 0.494 e. The summed E-state index contributed by atoms with van der Waals surface area (Å²) in [6.45, 7) is 7.26. The summed E-state index contributed by atoms with van der Waals surface area (Å²) < 4.78 is 18.5. The molecule has 3 heterocycles. The van der Waals surface area contributed by atoms with E-state index in [-0.39, 0.29) is 6.04 Å². The van der Waals surface area contributed by atoms with Crippen molar-refractivity contribution in [2.45, 2.75) is 64.3 Å². The average molecular weight is 595 g/mol. The number of carbonyl (C=O) groups excluding carboxylic acids is 2. The molecular weight excluding hydrogens is 548 g/mol. The van der Waals surface area contributed by atoms with Gasteiger partial charge in [0.25, 0.3) is 0 Å². The van der Waals surface area contributed by atoms with Gasteiger partial charge in [-0.2, -0.15) is 5.10 Å². The molecule has 1 aliphatic heterocycles. The van der Waals surface area contributed by atoms with Crippen LogP contribution in [0.1, 0.15) is 60.9 Å². The molecule has 1 fully saturated rings. The minimum absolute atomic E-state index is 0.271. The zero-order valence-corrected chi connectivity index (χ0v) is 25.6. The first-order valence-corrected chi connectivity index (χ1v) is 14.9. The lowest BCUT2D eigenvalue weighted by molar-refractivity contribution is -0.109. The highest BCUT2D eigenvalue weighted by molar-refractivity contribution is 5.49. The first-order valence-electron chi connectivity index (χ1n) is 14.9. The van der Waals surface area contributed by atoms with Crippen LogP contribution >= 0.6 is 0 Å². The van der Waals surface area contributed by atoms with E-state index in [1.807, 2.05) is 29.3 Å². The second kappa shape index (κ2) is 19.5. The number of aromatic nitrogens is 3. The second-order valence-corrected chi connectivity index (χ2v) is 10.5. The lowest BCUT2D eigenvalue weighted by atomic mass is 10.0. The van der Waals surface area contributed by atoms with Crippen LogP contribution in [0, 0.1) is 0 Å². The first-order chi connectivity index (χ1) is 21.1. The molecule has 4 rings (SSSR count). The number of unbranched alkanes of at least 4 members (excludes halogenated alkanes) is 1. The van der Waals surface area contributed by atoms with E-state index in [9.17, 15) is 4.79 Å². The van der Waals surface area contributed by atoms with Crippen molar-refractivity contribution in [3.8, 4) is 11.4 Å². The van der Waals surface area contributed by atoms with Crippen LogP contribution in [0.3, 0.4) is 0 Å². The van der Waals surface area contributed by atoms with Gasteiger partial charge in [-0.25, -0.2) is 4.68 Å². The van der Waals surface area contributed by atoms with Crippen LogP contribution in [-0.2, 0) is 38.8 Å². The van der Waals surface area contributed by atoms with Crippen LogP contribution < -0.4 is 20.7 Å². The molecular formula is C32H46N6O5. The monoisotopic (exact) mass is 594 g/mol. The molecule has 1 aromatic carbocycles. The SMILES string of the molecule is CNC=O.COCc1ccc(OCCCCNCc2cnn(-c3ccc(C4COC4)nc3)c2)cc1CNC(C)CCC=O. The Kier molecular flexibility index (Phi) is 15.4. The molecule has 1 saturated heterocycles. The molecule has 0 spiro atoms. The van der Waals surface area contributed by atoms with Crippen molar-refractivity contribution in [3.05, 3.63) is 71.3 Å². The molecule has 0 radical (unpaired) electrons. The number of rotatable bonds is 19. The van der Waals surface area contributed by atoms with Crippen LogP contribution in [0.25, 0.3) is 5.69 Å². The summed E-state index contributed by atoms with van der Waals surface area (Å²) in [7, 11) is 3.27. The molecule has 0 bridgehead atoms. The normalized spacial score (nSPS) is 13.4. The number of aldehydes is 1. The van der Waals surface area contributed by atoms with Gasteiger partial charge in [0.2, 0.25) is 6.41 Å². The van der Waals surface area contributed by atoms with Crippen molar-refractivity contribution in [1.29, 1.82) is 0 Å². The number of methoxy groups -OCH3 is 1. The number of carbonyl (C=O) groups is 2. The summed E-state index contributed by atoms with van der Waals surface area (Å²) in [6, 6.07) is 10.6. The van der Waals surface area contributed by atoms with Crippen LogP contribution in [-0.4, -0.2) is 74.0 Å². The summed E-state index contributed by atoms with van der Waals surface area (Å²) in [5.41, 5.74) is 5.49. The zero-order valence-electron chi connectivity index (χ0n) is 25.6. The Hall–Kier alpha value is -3.64. The van der Waals surface area contributed by atoms with Gasteiger partial charge in [-0.3, -0.25) is 9.78 Å². The molecule has 1 atom stereocenters.